The summed E-state index contributed by atoms with van der Waals surface area (Å²) in [5.74, 6) is 1.12. The Morgan fingerprint density at radius 3 is 2.23 bits per heavy atom. The molecule has 150 valence electrons. The number of allylic oxidation sites excluding steroid dienone is 3. The Labute approximate surface area is 162 Å². The third-order valence-corrected chi connectivity index (χ3v) is 4.59. The van der Waals surface area contributed by atoms with Crippen molar-refractivity contribution in [2.75, 3.05) is 37.7 Å². The van der Waals surface area contributed by atoms with Crippen molar-refractivity contribution >= 4 is 23.6 Å². The van der Waals surface area contributed by atoms with Gasteiger partial charge in [-0.2, -0.15) is 11.8 Å². The van der Waals surface area contributed by atoms with Crippen LogP contribution >= 0.6 is 11.8 Å². The number of amides is 2. The van der Waals surface area contributed by atoms with Crippen LogP contribution in [0.15, 0.2) is 24.3 Å². The van der Waals surface area contributed by atoms with Gasteiger partial charge in [-0.05, 0) is 38.8 Å². The summed E-state index contributed by atoms with van der Waals surface area (Å²) in [5, 5.41) is 2.78. The van der Waals surface area contributed by atoms with Crippen LogP contribution in [0.3, 0.4) is 0 Å². The molecule has 0 aliphatic heterocycles. The minimum Gasteiger partial charge on any atom is -0.344 e. The molecule has 5 N–H and O–H groups in total. The molecule has 0 aliphatic carbocycles. The maximum absolute atomic E-state index is 12.8. The first-order chi connectivity index (χ1) is 12.6. The molecule has 0 radical (unpaired) electrons. The Balaban J connectivity index is 4.59. The molecule has 0 rings (SSSR count). The molecule has 0 aromatic heterocycles. The molecule has 0 fully saturated rings. The number of nitrogens with zero attached hydrogens (tertiary/aromatic N) is 1. The number of nitrogens with one attached hydrogen (secondary N) is 1. The van der Waals surface area contributed by atoms with Crippen LogP contribution in [0.5, 0.6) is 0 Å². The molecule has 7 heteroatoms. The molecule has 0 saturated carbocycles. The van der Waals surface area contributed by atoms with E-state index in [1.165, 1.54) is 6.92 Å². The van der Waals surface area contributed by atoms with E-state index in [0.29, 0.717) is 31.9 Å². The van der Waals surface area contributed by atoms with Gasteiger partial charge >= 0.3 is 0 Å². The van der Waals surface area contributed by atoms with E-state index in [1.807, 2.05) is 0 Å². The highest BCUT2D eigenvalue weighted by atomic mass is 32.2. The monoisotopic (exact) mass is 384 g/mol. The van der Waals surface area contributed by atoms with Crippen LogP contribution in [0, 0.1) is 0 Å². The van der Waals surface area contributed by atoms with Gasteiger partial charge in [0.1, 0.15) is 6.04 Å². The maximum Gasteiger partial charge on any atom is 0.246 e. The SMILES string of the molecule is CC/C=C\C/C=C\CSC[C@@H](NC(C)=O)C(=O)N(CCCN)CCCN. The first-order valence-electron chi connectivity index (χ1n) is 9.40. The third kappa shape index (κ3) is 13.0. The standard InChI is InChI=1S/C19H36N4O2S/c1-3-4-5-6-7-8-15-26-16-18(22-17(2)24)19(25)23(13-9-11-20)14-10-12-21/h4-5,7-8,18H,3,6,9-16,20-21H2,1-2H3,(H,22,24)/b5-4-,8-7-/t18-/m1/s1. The second-order valence-corrected chi connectivity index (χ2v) is 7.06. The summed E-state index contributed by atoms with van der Waals surface area (Å²) in [6.07, 6.45) is 11.9. The molecule has 0 spiro atoms. The Hall–Kier alpha value is -1.31. The lowest BCUT2D eigenvalue weighted by Crippen LogP contribution is -2.50. The predicted octanol–water partition coefficient (Wildman–Crippen LogP) is 1.66. The molecular weight excluding hydrogens is 348 g/mol. The van der Waals surface area contributed by atoms with E-state index < -0.39 is 6.04 Å². The highest BCUT2D eigenvalue weighted by molar-refractivity contribution is 7.99. The van der Waals surface area contributed by atoms with Gasteiger partial charge in [-0.3, -0.25) is 9.59 Å². The van der Waals surface area contributed by atoms with Gasteiger partial charge in [0.15, 0.2) is 0 Å². The predicted molar refractivity (Wildman–Crippen MR) is 112 cm³/mol. The fourth-order valence-electron chi connectivity index (χ4n) is 2.30. The molecule has 0 unspecified atom stereocenters. The lowest BCUT2D eigenvalue weighted by atomic mass is 10.2. The lowest BCUT2D eigenvalue weighted by molar-refractivity contribution is -0.135. The zero-order valence-corrected chi connectivity index (χ0v) is 17.1. The number of carbonyl (C=O) groups excluding carboxylic acids is 2. The minimum absolute atomic E-state index is 0.0514. The molecular formula is C19H36N4O2S. The van der Waals surface area contributed by atoms with Gasteiger partial charge in [0.25, 0.3) is 0 Å². The quantitative estimate of drug-likeness (QED) is 0.294. The second-order valence-electron chi connectivity index (χ2n) is 5.99. The van der Waals surface area contributed by atoms with Gasteiger partial charge in [-0.1, -0.05) is 31.2 Å². The molecule has 26 heavy (non-hydrogen) atoms. The fraction of sp³-hybridized carbons (Fsp3) is 0.684. The Kier molecular flexibility index (Phi) is 16.3. The molecule has 0 aliphatic rings. The summed E-state index contributed by atoms with van der Waals surface area (Å²) in [7, 11) is 0. The van der Waals surface area contributed by atoms with Crippen molar-refractivity contribution < 1.29 is 9.59 Å². The summed E-state index contributed by atoms with van der Waals surface area (Å²) in [6.45, 7) is 5.81. The van der Waals surface area contributed by atoms with Gasteiger partial charge in [0.05, 0.1) is 0 Å². The number of thioether (sulfide) groups is 1. The summed E-state index contributed by atoms with van der Waals surface area (Å²) in [5.41, 5.74) is 11.1. The average Bonchev–Trinajstić information content (AvgIpc) is 2.62. The topological polar surface area (TPSA) is 101 Å². The van der Waals surface area contributed by atoms with Gasteiger partial charge in [0, 0.05) is 31.5 Å². The van der Waals surface area contributed by atoms with E-state index in [4.69, 9.17) is 11.5 Å². The van der Waals surface area contributed by atoms with Crippen molar-refractivity contribution in [3.63, 3.8) is 0 Å². The van der Waals surface area contributed by atoms with Crippen molar-refractivity contribution in [2.24, 2.45) is 11.5 Å². The zero-order valence-electron chi connectivity index (χ0n) is 16.3. The van der Waals surface area contributed by atoms with E-state index in [9.17, 15) is 9.59 Å². The number of hydrogen-bond donors (Lipinski definition) is 3. The number of carbonyl (C=O) groups is 2. The largest absolute Gasteiger partial charge is 0.344 e. The van der Waals surface area contributed by atoms with Crippen LogP contribution < -0.4 is 16.8 Å². The fourth-order valence-corrected chi connectivity index (χ4v) is 3.17. The summed E-state index contributed by atoms with van der Waals surface area (Å²) in [4.78, 5) is 26.1. The van der Waals surface area contributed by atoms with Gasteiger partial charge in [0.2, 0.25) is 11.8 Å². The van der Waals surface area contributed by atoms with E-state index in [-0.39, 0.29) is 11.8 Å². The van der Waals surface area contributed by atoms with Crippen LogP contribution in [-0.2, 0) is 9.59 Å². The van der Waals surface area contributed by atoms with Crippen molar-refractivity contribution in [1.82, 2.24) is 10.2 Å². The van der Waals surface area contributed by atoms with Crippen LogP contribution in [-0.4, -0.2) is 60.4 Å². The van der Waals surface area contributed by atoms with Crippen LogP contribution in [0.25, 0.3) is 0 Å². The normalized spacial score (nSPS) is 12.6. The first-order valence-corrected chi connectivity index (χ1v) is 10.6. The summed E-state index contributed by atoms with van der Waals surface area (Å²) < 4.78 is 0. The van der Waals surface area contributed by atoms with Crippen LogP contribution in [0.2, 0.25) is 0 Å². The van der Waals surface area contributed by atoms with E-state index in [1.54, 1.807) is 16.7 Å². The van der Waals surface area contributed by atoms with Crippen molar-refractivity contribution in [1.29, 1.82) is 0 Å². The van der Waals surface area contributed by atoms with E-state index in [2.05, 4.69) is 36.5 Å². The molecule has 2 amide bonds. The van der Waals surface area contributed by atoms with Crippen LogP contribution in [0.1, 0.15) is 39.5 Å². The van der Waals surface area contributed by atoms with Crippen molar-refractivity contribution in [3.05, 3.63) is 24.3 Å². The van der Waals surface area contributed by atoms with Crippen molar-refractivity contribution in [2.45, 2.75) is 45.6 Å². The molecule has 0 saturated heterocycles. The minimum atomic E-state index is -0.513. The molecule has 6 nitrogen and oxygen atoms in total. The maximum atomic E-state index is 12.8. The molecule has 1 atom stereocenters. The smallest absolute Gasteiger partial charge is 0.246 e. The Bertz CT molecular complexity index is 433. The van der Waals surface area contributed by atoms with Gasteiger partial charge < -0.3 is 21.7 Å². The zero-order chi connectivity index (χ0) is 19.6. The molecule has 0 bridgehead atoms. The lowest BCUT2D eigenvalue weighted by Gasteiger charge is -2.27. The van der Waals surface area contributed by atoms with Crippen LogP contribution in [0.4, 0.5) is 0 Å². The Morgan fingerprint density at radius 1 is 1.08 bits per heavy atom. The number of rotatable bonds is 15. The molecule has 0 heterocycles. The summed E-state index contributed by atoms with van der Waals surface area (Å²) in [6, 6.07) is -0.513. The van der Waals surface area contributed by atoms with Gasteiger partial charge in [-0.15, -0.1) is 0 Å². The summed E-state index contributed by atoms with van der Waals surface area (Å²) >= 11 is 1.64. The van der Waals surface area contributed by atoms with E-state index in [0.717, 1.165) is 31.4 Å². The molecule has 0 aromatic carbocycles. The Morgan fingerprint density at radius 2 is 1.69 bits per heavy atom. The van der Waals surface area contributed by atoms with Crippen molar-refractivity contribution in [3.8, 4) is 0 Å². The highest BCUT2D eigenvalue weighted by Gasteiger charge is 2.24. The number of nitrogens with two attached hydrogens (primary N) is 2. The van der Waals surface area contributed by atoms with Gasteiger partial charge in [-0.25, -0.2) is 0 Å². The number of hydrogen-bond acceptors (Lipinski definition) is 5. The highest BCUT2D eigenvalue weighted by Crippen LogP contribution is 2.08. The van der Waals surface area contributed by atoms with E-state index >= 15 is 0 Å². The second kappa shape index (κ2) is 17.1. The third-order valence-electron chi connectivity index (χ3n) is 3.59. The first kappa shape index (κ1) is 24.7. The average molecular weight is 385 g/mol. The molecule has 0 aromatic rings.